The third-order valence-corrected chi connectivity index (χ3v) is 5.44. The van der Waals surface area contributed by atoms with E-state index in [0.717, 1.165) is 15.9 Å². The molecule has 0 aliphatic heterocycles. The van der Waals surface area contributed by atoms with Crippen molar-refractivity contribution in [2.24, 2.45) is 0 Å². The zero-order valence-corrected chi connectivity index (χ0v) is 18.8. The monoisotopic (exact) mass is 477 g/mol. The number of halogens is 1. The first kappa shape index (κ1) is 20.7. The second-order valence-electron chi connectivity index (χ2n) is 6.96. The van der Waals surface area contributed by atoms with E-state index in [1.807, 2.05) is 43.5 Å². The van der Waals surface area contributed by atoms with Gasteiger partial charge in [-0.2, -0.15) is 4.98 Å². The first-order valence-electron chi connectivity index (χ1n) is 9.61. The highest BCUT2D eigenvalue weighted by Crippen LogP contribution is 2.24. The lowest BCUT2D eigenvalue weighted by Crippen LogP contribution is -2.12. The number of imidazole rings is 1. The van der Waals surface area contributed by atoms with Gasteiger partial charge in [-0.15, -0.1) is 0 Å². The predicted molar refractivity (Wildman–Crippen MR) is 122 cm³/mol. The lowest BCUT2D eigenvalue weighted by atomic mass is 10.2. The fourth-order valence-corrected chi connectivity index (χ4v) is 3.47. The number of nitrogens with one attached hydrogen (secondary N) is 1. The summed E-state index contributed by atoms with van der Waals surface area (Å²) in [6.07, 6.45) is 1.73. The van der Waals surface area contributed by atoms with Crippen molar-refractivity contribution < 1.29 is 9.53 Å². The molecule has 0 aliphatic carbocycles. The highest BCUT2D eigenvalue weighted by molar-refractivity contribution is 9.10. The van der Waals surface area contributed by atoms with Gasteiger partial charge in [0.05, 0.1) is 11.3 Å². The average Bonchev–Trinajstić information content (AvgIpc) is 3.08. The van der Waals surface area contributed by atoms with Crippen LogP contribution in [0.5, 0.6) is 11.6 Å². The quantitative estimate of drug-likeness (QED) is 0.416. The minimum absolute atomic E-state index is 0.191. The topological polar surface area (TPSA) is 81.9 Å². The molecule has 4 aromatic rings. The number of nitrogens with zero attached hydrogens (tertiary/aromatic N) is 4. The number of carbonyl (C=O) groups is 1. The molecule has 8 heteroatoms. The SMILES string of the molecule is Cc1nc(Oc2ccc(NC(=O)c3ccccc3Br)cc2)cc(-n2cnc(C)c2C)n1. The van der Waals surface area contributed by atoms with Crippen molar-refractivity contribution in [3.8, 4) is 17.4 Å². The minimum atomic E-state index is -0.191. The summed E-state index contributed by atoms with van der Waals surface area (Å²) in [4.78, 5) is 25.6. The fourth-order valence-electron chi connectivity index (χ4n) is 3.00. The zero-order valence-electron chi connectivity index (χ0n) is 17.3. The van der Waals surface area contributed by atoms with Crippen molar-refractivity contribution in [1.29, 1.82) is 0 Å². The molecule has 4 rings (SSSR count). The van der Waals surface area contributed by atoms with Crippen LogP contribution in [-0.4, -0.2) is 25.4 Å². The Bertz CT molecular complexity index is 1250. The second kappa shape index (κ2) is 8.69. The van der Waals surface area contributed by atoms with E-state index in [2.05, 4.69) is 36.2 Å². The van der Waals surface area contributed by atoms with E-state index in [1.54, 1.807) is 42.7 Å². The van der Waals surface area contributed by atoms with Gasteiger partial charge in [0.1, 0.15) is 23.7 Å². The summed E-state index contributed by atoms with van der Waals surface area (Å²) in [5.41, 5.74) is 3.18. The molecule has 0 bridgehead atoms. The molecule has 0 aliphatic rings. The predicted octanol–water partition coefficient (Wildman–Crippen LogP) is 5.39. The molecule has 0 saturated carbocycles. The average molecular weight is 478 g/mol. The lowest BCUT2D eigenvalue weighted by Gasteiger charge is -2.10. The number of carbonyl (C=O) groups excluding carboxylic acids is 1. The van der Waals surface area contributed by atoms with Crippen molar-refractivity contribution >= 4 is 27.5 Å². The third kappa shape index (κ3) is 4.64. The van der Waals surface area contributed by atoms with Gasteiger partial charge < -0.3 is 10.1 Å². The van der Waals surface area contributed by atoms with Crippen molar-refractivity contribution in [1.82, 2.24) is 19.5 Å². The summed E-state index contributed by atoms with van der Waals surface area (Å²) in [6, 6.07) is 16.2. The molecule has 0 fully saturated rings. The number of aryl methyl sites for hydroxylation is 2. The number of rotatable bonds is 5. The molecule has 31 heavy (non-hydrogen) atoms. The van der Waals surface area contributed by atoms with Gasteiger partial charge >= 0.3 is 0 Å². The molecule has 1 N–H and O–H groups in total. The Morgan fingerprint density at radius 1 is 1.03 bits per heavy atom. The maximum absolute atomic E-state index is 12.5. The lowest BCUT2D eigenvalue weighted by molar-refractivity contribution is 0.102. The molecule has 7 nitrogen and oxygen atoms in total. The highest BCUT2D eigenvalue weighted by atomic mass is 79.9. The molecule has 1 amide bonds. The Kier molecular flexibility index (Phi) is 5.81. The van der Waals surface area contributed by atoms with Crippen LogP contribution < -0.4 is 10.1 Å². The second-order valence-corrected chi connectivity index (χ2v) is 7.81. The van der Waals surface area contributed by atoms with Crippen molar-refractivity contribution in [2.75, 3.05) is 5.32 Å². The van der Waals surface area contributed by atoms with Crippen LogP contribution in [0, 0.1) is 20.8 Å². The van der Waals surface area contributed by atoms with Gasteiger partial charge in [-0.3, -0.25) is 9.36 Å². The molecule has 0 radical (unpaired) electrons. The summed E-state index contributed by atoms with van der Waals surface area (Å²) in [7, 11) is 0. The van der Waals surface area contributed by atoms with Gasteiger partial charge in [0, 0.05) is 21.9 Å². The molecular weight excluding hydrogens is 458 g/mol. The van der Waals surface area contributed by atoms with Crippen molar-refractivity contribution in [3.63, 3.8) is 0 Å². The van der Waals surface area contributed by atoms with Gasteiger partial charge in [0.15, 0.2) is 0 Å². The Hall–Kier alpha value is -3.52. The molecular formula is C23H20BrN5O2. The van der Waals surface area contributed by atoms with Crippen LogP contribution in [0.4, 0.5) is 5.69 Å². The van der Waals surface area contributed by atoms with Crippen LogP contribution in [0.15, 0.2) is 65.4 Å². The van der Waals surface area contributed by atoms with Crippen molar-refractivity contribution in [2.45, 2.75) is 20.8 Å². The van der Waals surface area contributed by atoms with E-state index in [1.165, 1.54) is 0 Å². The van der Waals surface area contributed by atoms with Gasteiger partial charge in [-0.25, -0.2) is 9.97 Å². The molecule has 2 aromatic carbocycles. The van der Waals surface area contributed by atoms with E-state index in [9.17, 15) is 4.79 Å². The zero-order chi connectivity index (χ0) is 22.0. The maximum Gasteiger partial charge on any atom is 0.256 e. The fraction of sp³-hybridized carbons (Fsp3) is 0.130. The summed E-state index contributed by atoms with van der Waals surface area (Å²) >= 11 is 3.39. The first-order valence-corrected chi connectivity index (χ1v) is 10.4. The van der Waals surface area contributed by atoms with E-state index in [4.69, 9.17) is 4.74 Å². The number of anilines is 1. The highest BCUT2D eigenvalue weighted by Gasteiger charge is 2.11. The first-order chi connectivity index (χ1) is 14.9. The van der Waals surface area contributed by atoms with E-state index in [0.29, 0.717) is 34.5 Å². The third-order valence-electron chi connectivity index (χ3n) is 4.75. The molecule has 2 aromatic heterocycles. The summed E-state index contributed by atoms with van der Waals surface area (Å²) < 4.78 is 8.57. The summed E-state index contributed by atoms with van der Waals surface area (Å²) in [6.45, 7) is 5.76. The number of amides is 1. The van der Waals surface area contributed by atoms with E-state index >= 15 is 0 Å². The summed E-state index contributed by atoms with van der Waals surface area (Å²) in [5, 5.41) is 2.88. The molecule has 0 atom stereocenters. The van der Waals surface area contributed by atoms with Gasteiger partial charge in [0.25, 0.3) is 5.91 Å². The molecule has 0 unspecified atom stereocenters. The molecule has 2 heterocycles. The van der Waals surface area contributed by atoms with Gasteiger partial charge in [-0.05, 0) is 73.1 Å². The molecule has 156 valence electrons. The van der Waals surface area contributed by atoms with Crippen molar-refractivity contribution in [3.05, 3.63) is 88.2 Å². The largest absolute Gasteiger partial charge is 0.439 e. The van der Waals surface area contributed by atoms with Crippen LogP contribution in [0.3, 0.4) is 0 Å². The number of benzene rings is 2. The Labute approximate surface area is 188 Å². The number of ether oxygens (including phenoxy) is 1. The Morgan fingerprint density at radius 2 is 1.77 bits per heavy atom. The van der Waals surface area contributed by atoms with E-state index < -0.39 is 0 Å². The maximum atomic E-state index is 12.5. The number of aromatic nitrogens is 4. The van der Waals surface area contributed by atoms with Crippen LogP contribution in [0.25, 0.3) is 5.82 Å². The Morgan fingerprint density at radius 3 is 2.45 bits per heavy atom. The van der Waals surface area contributed by atoms with Gasteiger partial charge in [-0.1, -0.05) is 12.1 Å². The minimum Gasteiger partial charge on any atom is -0.439 e. The molecule has 0 spiro atoms. The van der Waals surface area contributed by atoms with E-state index in [-0.39, 0.29) is 5.91 Å². The smallest absolute Gasteiger partial charge is 0.256 e. The normalized spacial score (nSPS) is 10.7. The van der Waals surface area contributed by atoms with Crippen LogP contribution in [-0.2, 0) is 0 Å². The standard InChI is InChI=1S/C23H20BrN5O2/c1-14-15(2)29(13-25-14)21-12-22(27-16(3)26-21)31-18-10-8-17(9-11-18)28-23(30)19-6-4-5-7-20(19)24/h4-13H,1-3H3,(H,28,30). The van der Waals surface area contributed by atoms with Crippen LogP contribution in [0.2, 0.25) is 0 Å². The Balaban J connectivity index is 1.50. The number of hydrogen-bond donors (Lipinski definition) is 1. The molecule has 0 saturated heterocycles. The summed E-state index contributed by atoms with van der Waals surface area (Å²) in [5.74, 6) is 2.12. The van der Waals surface area contributed by atoms with Crippen LogP contribution >= 0.6 is 15.9 Å². The number of hydrogen-bond acceptors (Lipinski definition) is 5. The van der Waals surface area contributed by atoms with Crippen LogP contribution in [0.1, 0.15) is 27.6 Å². The van der Waals surface area contributed by atoms with Gasteiger partial charge in [0.2, 0.25) is 5.88 Å².